The van der Waals surface area contributed by atoms with E-state index in [1.165, 1.54) is 4.90 Å². The number of likely N-dealkylation sites (tertiary alicyclic amines) is 1. The lowest BCUT2D eigenvalue weighted by Gasteiger charge is -2.40. The Labute approximate surface area is 126 Å². The maximum atomic E-state index is 12.3. The quantitative estimate of drug-likeness (QED) is 0.811. The van der Waals surface area contributed by atoms with Crippen LogP contribution < -0.4 is 0 Å². The van der Waals surface area contributed by atoms with Crippen molar-refractivity contribution >= 4 is 12.0 Å². The van der Waals surface area contributed by atoms with Gasteiger partial charge in [0, 0.05) is 20.1 Å². The fraction of sp³-hybridized carbons (Fsp3) is 0.867. The zero-order valence-corrected chi connectivity index (χ0v) is 13.6. The minimum atomic E-state index is -0.937. The first-order chi connectivity index (χ1) is 9.61. The van der Waals surface area contributed by atoms with Crippen molar-refractivity contribution in [2.45, 2.75) is 52.1 Å². The van der Waals surface area contributed by atoms with Crippen LogP contribution in [-0.4, -0.2) is 64.3 Å². The number of carboxylic acid groups (broad SMARTS) is 1. The van der Waals surface area contributed by atoms with Gasteiger partial charge in [-0.1, -0.05) is 13.3 Å². The second-order valence-electron chi connectivity index (χ2n) is 6.77. The Morgan fingerprint density at radius 3 is 2.19 bits per heavy atom. The molecular weight excluding hydrogens is 272 g/mol. The van der Waals surface area contributed by atoms with Crippen LogP contribution in [0.25, 0.3) is 0 Å². The van der Waals surface area contributed by atoms with Gasteiger partial charge in [-0.15, -0.1) is 0 Å². The molecule has 0 atom stereocenters. The van der Waals surface area contributed by atoms with Crippen molar-refractivity contribution in [3.63, 3.8) is 0 Å². The summed E-state index contributed by atoms with van der Waals surface area (Å²) in [5.74, 6) is -0.749. The summed E-state index contributed by atoms with van der Waals surface area (Å²) in [4.78, 5) is 27.0. The van der Waals surface area contributed by atoms with Gasteiger partial charge in [0.25, 0.3) is 0 Å². The van der Waals surface area contributed by atoms with Crippen molar-refractivity contribution in [3.05, 3.63) is 0 Å². The monoisotopic (exact) mass is 300 g/mol. The van der Waals surface area contributed by atoms with E-state index in [0.29, 0.717) is 32.4 Å². The van der Waals surface area contributed by atoms with E-state index in [9.17, 15) is 19.8 Å². The van der Waals surface area contributed by atoms with Crippen molar-refractivity contribution in [3.8, 4) is 0 Å². The van der Waals surface area contributed by atoms with Crippen LogP contribution in [-0.2, 0) is 4.79 Å². The van der Waals surface area contributed by atoms with Gasteiger partial charge in [0.1, 0.15) is 0 Å². The van der Waals surface area contributed by atoms with Crippen LogP contribution in [0.15, 0.2) is 0 Å². The Morgan fingerprint density at radius 1 is 1.29 bits per heavy atom. The Kier molecular flexibility index (Phi) is 5.61. The van der Waals surface area contributed by atoms with Crippen LogP contribution in [0.3, 0.4) is 0 Å². The van der Waals surface area contributed by atoms with Crippen LogP contribution in [0.2, 0.25) is 0 Å². The molecule has 2 amide bonds. The molecule has 1 aliphatic rings. The van der Waals surface area contributed by atoms with Gasteiger partial charge >= 0.3 is 12.0 Å². The summed E-state index contributed by atoms with van der Waals surface area (Å²) < 4.78 is 0. The second-order valence-corrected chi connectivity index (χ2v) is 6.77. The zero-order valence-electron chi connectivity index (χ0n) is 13.6. The van der Waals surface area contributed by atoms with Crippen molar-refractivity contribution in [2.24, 2.45) is 5.41 Å². The van der Waals surface area contributed by atoms with E-state index in [0.717, 1.165) is 6.42 Å². The highest BCUT2D eigenvalue weighted by molar-refractivity contribution is 5.77. The first-order valence-electron chi connectivity index (χ1n) is 7.57. The minimum Gasteiger partial charge on any atom is -0.481 e. The van der Waals surface area contributed by atoms with Crippen molar-refractivity contribution in [1.82, 2.24) is 9.80 Å². The van der Waals surface area contributed by atoms with Gasteiger partial charge in [-0.2, -0.15) is 0 Å². The van der Waals surface area contributed by atoms with Gasteiger partial charge in [0.2, 0.25) is 0 Å². The summed E-state index contributed by atoms with van der Waals surface area (Å²) in [5.41, 5.74) is -1.62. The van der Waals surface area contributed by atoms with Crippen molar-refractivity contribution in [1.29, 1.82) is 0 Å². The van der Waals surface area contributed by atoms with Crippen LogP contribution in [0.4, 0.5) is 4.79 Å². The molecule has 1 aliphatic heterocycles. The average Bonchev–Trinajstić information content (AvgIpc) is 2.37. The highest BCUT2D eigenvalue weighted by Gasteiger charge is 2.42. The number of nitrogens with zero attached hydrogens (tertiary/aromatic N) is 2. The van der Waals surface area contributed by atoms with E-state index >= 15 is 0 Å². The lowest BCUT2D eigenvalue weighted by atomic mass is 9.75. The van der Waals surface area contributed by atoms with Crippen LogP contribution in [0.1, 0.15) is 46.5 Å². The number of urea groups is 1. The molecule has 0 spiro atoms. The highest BCUT2D eigenvalue weighted by Crippen LogP contribution is 2.36. The molecule has 1 fully saturated rings. The number of carbonyl (C=O) groups is 2. The van der Waals surface area contributed by atoms with E-state index < -0.39 is 17.0 Å². The lowest BCUT2D eigenvalue weighted by Crippen LogP contribution is -2.52. The standard InChI is InChI=1S/C15H28N2O4/c1-5-6-15(12(18)19)7-9-17(10-8-15)13(20)16(4)11-14(2,3)21/h21H,5-11H2,1-4H3,(H,18,19). The minimum absolute atomic E-state index is 0.146. The molecule has 0 aliphatic carbocycles. The summed E-state index contributed by atoms with van der Waals surface area (Å²) in [7, 11) is 1.66. The van der Waals surface area contributed by atoms with Crippen molar-refractivity contribution in [2.75, 3.05) is 26.7 Å². The molecule has 122 valence electrons. The smallest absolute Gasteiger partial charge is 0.319 e. The topological polar surface area (TPSA) is 81.1 Å². The van der Waals surface area contributed by atoms with E-state index in [1.807, 2.05) is 6.92 Å². The Balaban J connectivity index is 2.63. The van der Waals surface area contributed by atoms with Gasteiger partial charge in [-0.3, -0.25) is 4.79 Å². The largest absolute Gasteiger partial charge is 0.481 e. The number of hydrogen-bond donors (Lipinski definition) is 2. The molecule has 0 bridgehead atoms. The van der Waals surface area contributed by atoms with Crippen LogP contribution >= 0.6 is 0 Å². The molecule has 0 radical (unpaired) electrons. The molecule has 1 rings (SSSR count). The molecule has 0 aromatic heterocycles. The molecule has 6 nitrogen and oxygen atoms in total. The number of piperidine rings is 1. The van der Waals surface area contributed by atoms with Crippen molar-refractivity contribution < 1.29 is 19.8 Å². The van der Waals surface area contributed by atoms with E-state index in [4.69, 9.17) is 0 Å². The predicted molar refractivity (Wildman–Crippen MR) is 80.1 cm³/mol. The first-order valence-corrected chi connectivity index (χ1v) is 7.57. The molecule has 6 heteroatoms. The summed E-state index contributed by atoms with van der Waals surface area (Å²) in [5, 5.41) is 19.2. The normalized spacial score (nSPS) is 18.4. The maximum absolute atomic E-state index is 12.3. The van der Waals surface area contributed by atoms with Gasteiger partial charge < -0.3 is 20.0 Å². The van der Waals surface area contributed by atoms with Gasteiger partial charge in [-0.05, 0) is 33.1 Å². The molecule has 1 saturated heterocycles. The summed E-state index contributed by atoms with van der Waals surface area (Å²) >= 11 is 0. The lowest BCUT2D eigenvalue weighted by molar-refractivity contribution is -0.152. The Bertz CT molecular complexity index is 382. The van der Waals surface area contributed by atoms with E-state index in [2.05, 4.69) is 0 Å². The Morgan fingerprint density at radius 2 is 1.81 bits per heavy atom. The van der Waals surface area contributed by atoms with Crippen LogP contribution in [0, 0.1) is 5.41 Å². The molecule has 1 heterocycles. The number of carbonyl (C=O) groups excluding carboxylic acids is 1. The predicted octanol–water partition coefficient (Wildman–Crippen LogP) is 1.78. The van der Waals surface area contributed by atoms with Gasteiger partial charge in [0.05, 0.1) is 17.6 Å². The molecule has 0 aromatic carbocycles. The third-order valence-corrected chi connectivity index (χ3v) is 4.12. The van der Waals surface area contributed by atoms with E-state index in [1.54, 1.807) is 25.8 Å². The third-order valence-electron chi connectivity index (χ3n) is 4.12. The SMILES string of the molecule is CCCC1(C(=O)O)CCN(C(=O)N(C)CC(C)(C)O)CC1. The fourth-order valence-electron chi connectivity index (χ4n) is 3.06. The summed E-state index contributed by atoms with van der Waals surface area (Å²) in [6, 6.07) is -0.146. The fourth-order valence-corrected chi connectivity index (χ4v) is 3.06. The summed E-state index contributed by atoms with van der Waals surface area (Å²) in [6.07, 6.45) is 2.49. The number of carboxylic acids is 1. The highest BCUT2D eigenvalue weighted by atomic mass is 16.4. The van der Waals surface area contributed by atoms with Gasteiger partial charge in [-0.25, -0.2) is 4.79 Å². The molecule has 2 N–H and O–H groups in total. The van der Waals surface area contributed by atoms with E-state index in [-0.39, 0.29) is 12.6 Å². The number of amides is 2. The average molecular weight is 300 g/mol. The maximum Gasteiger partial charge on any atom is 0.319 e. The Hall–Kier alpha value is -1.30. The number of aliphatic hydroxyl groups is 1. The third kappa shape index (κ3) is 4.59. The molecule has 0 unspecified atom stereocenters. The van der Waals surface area contributed by atoms with Crippen LogP contribution in [0.5, 0.6) is 0 Å². The molecule has 0 aromatic rings. The number of rotatable bonds is 5. The molecular formula is C15H28N2O4. The second kappa shape index (κ2) is 6.64. The molecule has 21 heavy (non-hydrogen) atoms. The first kappa shape index (κ1) is 17.8. The molecule has 0 saturated carbocycles. The zero-order chi connectivity index (χ0) is 16.3. The van der Waals surface area contributed by atoms with Gasteiger partial charge in [0.15, 0.2) is 0 Å². The summed E-state index contributed by atoms with van der Waals surface area (Å²) in [6.45, 7) is 6.47. The number of hydrogen-bond acceptors (Lipinski definition) is 3. The number of aliphatic carboxylic acids is 1. The number of likely N-dealkylation sites (N-methyl/N-ethyl adjacent to an activating group) is 1.